The van der Waals surface area contributed by atoms with Crippen molar-refractivity contribution >= 4 is 27.5 Å². The summed E-state index contributed by atoms with van der Waals surface area (Å²) in [7, 11) is -3.84. The SMILES string of the molecule is CC[C@@H]1Oc2cc(S(=O)(=O)N3CCC[C@@H](C(=O)NCc4ccccc4)C3)c(C)cc2NC1=O. The van der Waals surface area contributed by atoms with Crippen molar-refractivity contribution in [2.45, 2.75) is 50.7 Å². The molecule has 0 radical (unpaired) electrons. The lowest BCUT2D eigenvalue weighted by Crippen LogP contribution is -2.45. The number of anilines is 1. The van der Waals surface area contributed by atoms with Crippen LogP contribution in [0.3, 0.4) is 0 Å². The zero-order valence-corrected chi connectivity index (χ0v) is 19.7. The third-order valence-corrected chi connectivity index (χ3v) is 8.16. The summed E-state index contributed by atoms with van der Waals surface area (Å²) >= 11 is 0. The van der Waals surface area contributed by atoms with E-state index in [0.717, 1.165) is 5.56 Å². The molecular weight excluding hydrogens is 442 g/mol. The van der Waals surface area contributed by atoms with E-state index in [0.29, 0.717) is 49.4 Å². The van der Waals surface area contributed by atoms with Gasteiger partial charge in [0.1, 0.15) is 5.75 Å². The molecule has 0 unspecified atom stereocenters. The molecule has 176 valence electrons. The predicted octanol–water partition coefficient (Wildman–Crippen LogP) is 2.82. The molecule has 0 saturated carbocycles. The number of rotatable bonds is 6. The van der Waals surface area contributed by atoms with Gasteiger partial charge in [-0.05, 0) is 43.4 Å². The highest BCUT2D eigenvalue weighted by molar-refractivity contribution is 7.89. The normalized spacial score (nSPS) is 21.0. The van der Waals surface area contributed by atoms with Gasteiger partial charge in [0.05, 0.1) is 16.5 Å². The van der Waals surface area contributed by atoms with Crippen LogP contribution in [0.4, 0.5) is 5.69 Å². The molecule has 0 bridgehead atoms. The van der Waals surface area contributed by atoms with E-state index >= 15 is 0 Å². The number of carbonyl (C=O) groups is 2. The fourth-order valence-corrected chi connectivity index (χ4v) is 6.02. The van der Waals surface area contributed by atoms with Crippen LogP contribution in [-0.4, -0.2) is 43.7 Å². The van der Waals surface area contributed by atoms with Crippen molar-refractivity contribution < 1.29 is 22.7 Å². The number of nitrogens with zero attached hydrogens (tertiary/aromatic N) is 1. The number of fused-ring (bicyclic) bond motifs is 1. The van der Waals surface area contributed by atoms with E-state index in [9.17, 15) is 18.0 Å². The average Bonchev–Trinajstić information content (AvgIpc) is 2.82. The lowest BCUT2D eigenvalue weighted by Gasteiger charge is -2.32. The number of hydrogen-bond acceptors (Lipinski definition) is 5. The van der Waals surface area contributed by atoms with Gasteiger partial charge < -0.3 is 15.4 Å². The highest BCUT2D eigenvalue weighted by atomic mass is 32.2. The van der Waals surface area contributed by atoms with Crippen molar-refractivity contribution in [3.8, 4) is 5.75 Å². The molecule has 0 aromatic heterocycles. The Balaban J connectivity index is 1.50. The molecule has 0 aliphatic carbocycles. The molecule has 9 heteroatoms. The maximum absolute atomic E-state index is 13.5. The maximum atomic E-state index is 13.5. The van der Waals surface area contributed by atoms with Crippen LogP contribution in [-0.2, 0) is 26.2 Å². The van der Waals surface area contributed by atoms with E-state index in [4.69, 9.17) is 4.74 Å². The van der Waals surface area contributed by atoms with Gasteiger partial charge in [0, 0.05) is 25.7 Å². The zero-order chi connectivity index (χ0) is 23.6. The highest BCUT2D eigenvalue weighted by Gasteiger charge is 2.35. The Labute approximate surface area is 194 Å². The smallest absolute Gasteiger partial charge is 0.265 e. The van der Waals surface area contributed by atoms with E-state index < -0.39 is 22.0 Å². The van der Waals surface area contributed by atoms with Crippen LogP contribution in [0.2, 0.25) is 0 Å². The highest BCUT2D eigenvalue weighted by Crippen LogP contribution is 2.36. The van der Waals surface area contributed by atoms with E-state index in [-0.39, 0.29) is 23.3 Å². The summed E-state index contributed by atoms with van der Waals surface area (Å²) in [6, 6.07) is 12.7. The van der Waals surface area contributed by atoms with Gasteiger partial charge in [-0.15, -0.1) is 0 Å². The summed E-state index contributed by atoms with van der Waals surface area (Å²) in [6.07, 6.45) is 1.08. The van der Waals surface area contributed by atoms with Gasteiger partial charge in [-0.2, -0.15) is 4.31 Å². The Kier molecular flexibility index (Phi) is 6.71. The second-order valence-corrected chi connectivity index (χ2v) is 10.4. The van der Waals surface area contributed by atoms with Crippen molar-refractivity contribution in [2.24, 2.45) is 5.92 Å². The summed E-state index contributed by atoms with van der Waals surface area (Å²) in [5.41, 5.74) is 1.98. The Morgan fingerprint density at radius 2 is 2.00 bits per heavy atom. The molecule has 8 nitrogen and oxygen atoms in total. The van der Waals surface area contributed by atoms with Crippen molar-refractivity contribution in [3.05, 3.63) is 53.6 Å². The fraction of sp³-hybridized carbons (Fsp3) is 0.417. The summed E-state index contributed by atoms with van der Waals surface area (Å²) in [6.45, 7) is 4.43. The summed E-state index contributed by atoms with van der Waals surface area (Å²) in [5.74, 6) is -0.437. The number of amides is 2. The van der Waals surface area contributed by atoms with Gasteiger partial charge in [-0.1, -0.05) is 37.3 Å². The molecule has 4 rings (SSSR count). The minimum absolute atomic E-state index is 0.134. The first-order valence-electron chi connectivity index (χ1n) is 11.2. The molecule has 1 saturated heterocycles. The van der Waals surface area contributed by atoms with Gasteiger partial charge >= 0.3 is 0 Å². The summed E-state index contributed by atoms with van der Waals surface area (Å²) in [5, 5.41) is 5.71. The molecule has 2 heterocycles. The van der Waals surface area contributed by atoms with E-state index in [1.165, 1.54) is 10.4 Å². The van der Waals surface area contributed by atoms with Crippen LogP contribution in [0.5, 0.6) is 5.75 Å². The number of aryl methyl sites for hydroxylation is 1. The van der Waals surface area contributed by atoms with Crippen molar-refractivity contribution in [2.75, 3.05) is 18.4 Å². The number of piperidine rings is 1. The number of sulfonamides is 1. The molecule has 2 atom stereocenters. The Bertz CT molecular complexity index is 1150. The molecule has 2 aromatic carbocycles. The Morgan fingerprint density at radius 1 is 1.24 bits per heavy atom. The Hall–Kier alpha value is -2.91. The zero-order valence-electron chi connectivity index (χ0n) is 18.8. The first-order valence-corrected chi connectivity index (χ1v) is 12.7. The van der Waals surface area contributed by atoms with Gasteiger partial charge in [0.25, 0.3) is 5.91 Å². The third-order valence-electron chi connectivity index (χ3n) is 6.15. The monoisotopic (exact) mass is 471 g/mol. The molecule has 1 fully saturated rings. The largest absolute Gasteiger partial charge is 0.478 e. The van der Waals surface area contributed by atoms with Gasteiger partial charge in [-0.25, -0.2) is 8.42 Å². The first kappa shape index (κ1) is 23.3. The molecule has 2 amide bonds. The van der Waals surface area contributed by atoms with Crippen LogP contribution < -0.4 is 15.4 Å². The van der Waals surface area contributed by atoms with Crippen molar-refractivity contribution in [1.82, 2.24) is 9.62 Å². The van der Waals surface area contributed by atoms with Gasteiger partial charge in [0.2, 0.25) is 15.9 Å². The van der Waals surface area contributed by atoms with Crippen LogP contribution in [0, 0.1) is 12.8 Å². The molecule has 0 spiro atoms. The third kappa shape index (κ3) is 4.89. The van der Waals surface area contributed by atoms with Crippen molar-refractivity contribution in [3.63, 3.8) is 0 Å². The molecule has 2 aliphatic rings. The predicted molar refractivity (Wildman–Crippen MR) is 124 cm³/mol. The minimum atomic E-state index is -3.84. The number of hydrogen-bond donors (Lipinski definition) is 2. The average molecular weight is 472 g/mol. The molecule has 2 aliphatic heterocycles. The first-order chi connectivity index (χ1) is 15.8. The lowest BCUT2D eigenvalue weighted by atomic mass is 9.99. The van der Waals surface area contributed by atoms with Crippen LogP contribution in [0.1, 0.15) is 37.3 Å². The van der Waals surface area contributed by atoms with Gasteiger partial charge in [-0.3, -0.25) is 9.59 Å². The second kappa shape index (κ2) is 9.52. The second-order valence-electron chi connectivity index (χ2n) is 8.52. The maximum Gasteiger partial charge on any atom is 0.265 e. The molecule has 33 heavy (non-hydrogen) atoms. The minimum Gasteiger partial charge on any atom is -0.478 e. The van der Waals surface area contributed by atoms with E-state index in [1.807, 2.05) is 37.3 Å². The van der Waals surface area contributed by atoms with Crippen molar-refractivity contribution in [1.29, 1.82) is 0 Å². The van der Waals surface area contributed by atoms with Gasteiger partial charge in [0.15, 0.2) is 6.10 Å². The lowest BCUT2D eigenvalue weighted by molar-refractivity contribution is -0.126. The van der Waals surface area contributed by atoms with Crippen LogP contribution >= 0.6 is 0 Å². The summed E-state index contributed by atoms with van der Waals surface area (Å²) < 4.78 is 34.1. The number of nitrogens with one attached hydrogen (secondary N) is 2. The van der Waals surface area contributed by atoms with Crippen LogP contribution in [0.25, 0.3) is 0 Å². The number of benzene rings is 2. The molecular formula is C24H29N3O5S. The number of ether oxygens (including phenoxy) is 1. The molecule has 2 aromatic rings. The summed E-state index contributed by atoms with van der Waals surface area (Å²) in [4.78, 5) is 25.0. The topological polar surface area (TPSA) is 105 Å². The van der Waals surface area contributed by atoms with E-state index in [1.54, 1.807) is 13.0 Å². The standard InChI is InChI=1S/C24H29N3O5S/c1-3-20-24(29)26-19-12-16(2)22(13-21(19)32-20)33(30,31)27-11-7-10-18(15-27)23(28)25-14-17-8-5-4-6-9-17/h4-6,8-9,12-13,18,20H,3,7,10-11,14-15H2,1-2H3,(H,25,28)(H,26,29)/t18-,20+/m1/s1. The Morgan fingerprint density at radius 3 is 2.73 bits per heavy atom. The number of carbonyl (C=O) groups excluding carboxylic acids is 2. The fourth-order valence-electron chi connectivity index (χ4n) is 4.27. The quantitative estimate of drug-likeness (QED) is 0.674. The van der Waals surface area contributed by atoms with Crippen LogP contribution in [0.15, 0.2) is 47.4 Å². The van der Waals surface area contributed by atoms with E-state index in [2.05, 4.69) is 10.6 Å². The molecule has 2 N–H and O–H groups in total.